The number of pyridine rings is 1. The Balaban J connectivity index is 1.79. The fourth-order valence-electron chi connectivity index (χ4n) is 2.00. The molecule has 110 valence electrons. The lowest BCUT2D eigenvalue weighted by Crippen LogP contribution is -2.12. The zero-order valence-electron chi connectivity index (χ0n) is 11.8. The van der Waals surface area contributed by atoms with E-state index in [1.165, 1.54) is 0 Å². The van der Waals surface area contributed by atoms with Gasteiger partial charge in [-0.05, 0) is 52.7 Å². The van der Waals surface area contributed by atoms with Gasteiger partial charge in [0.1, 0.15) is 0 Å². The van der Waals surface area contributed by atoms with Crippen molar-refractivity contribution in [3.8, 4) is 5.82 Å². The molecule has 22 heavy (non-hydrogen) atoms. The quantitative estimate of drug-likeness (QED) is 0.779. The third-order valence-electron chi connectivity index (χ3n) is 3.09. The molecule has 0 saturated heterocycles. The summed E-state index contributed by atoms with van der Waals surface area (Å²) in [4.78, 5) is 16.5. The van der Waals surface area contributed by atoms with Crippen molar-refractivity contribution >= 4 is 27.5 Å². The molecule has 0 atom stereocenters. The minimum Gasteiger partial charge on any atom is -0.319 e. The maximum atomic E-state index is 12.3. The number of aromatic nitrogens is 3. The Labute approximate surface area is 136 Å². The molecule has 1 N–H and O–H groups in total. The van der Waals surface area contributed by atoms with E-state index in [4.69, 9.17) is 0 Å². The number of benzene rings is 1. The number of hydrogen-bond donors (Lipinski definition) is 1. The highest BCUT2D eigenvalue weighted by molar-refractivity contribution is 9.10. The van der Waals surface area contributed by atoms with Crippen LogP contribution in [0.2, 0.25) is 0 Å². The summed E-state index contributed by atoms with van der Waals surface area (Å²) in [6, 6.07) is 11.2. The number of rotatable bonds is 3. The molecule has 2 aromatic heterocycles. The van der Waals surface area contributed by atoms with E-state index in [-0.39, 0.29) is 5.91 Å². The van der Waals surface area contributed by atoms with Crippen LogP contribution in [-0.2, 0) is 0 Å². The average Bonchev–Trinajstić information content (AvgIpc) is 2.96. The van der Waals surface area contributed by atoms with Crippen molar-refractivity contribution in [3.63, 3.8) is 0 Å². The molecule has 0 aliphatic heterocycles. The monoisotopic (exact) mass is 356 g/mol. The van der Waals surface area contributed by atoms with E-state index in [1.807, 2.05) is 37.3 Å². The van der Waals surface area contributed by atoms with Crippen LogP contribution in [0, 0.1) is 6.92 Å². The molecule has 0 spiro atoms. The van der Waals surface area contributed by atoms with Crippen molar-refractivity contribution in [2.75, 3.05) is 5.32 Å². The number of amides is 1. The number of nitrogens with one attached hydrogen (secondary N) is 1. The zero-order valence-corrected chi connectivity index (χ0v) is 13.4. The third kappa shape index (κ3) is 3.07. The predicted molar refractivity (Wildman–Crippen MR) is 88.2 cm³/mol. The van der Waals surface area contributed by atoms with E-state index in [9.17, 15) is 4.79 Å². The van der Waals surface area contributed by atoms with Crippen LogP contribution < -0.4 is 5.32 Å². The van der Waals surface area contributed by atoms with Crippen molar-refractivity contribution in [3.05, 3.63) is 70.6 Å². The first kappa shape index (κ1) is 14.5. The number of halogens is 1. The fourth-order valence-corrected chi connectivity index (χ4v) is 2.68. The molecule has 0 aliphatic carbocycles. The summed E-state index contributed by atoms with van der Waals surface area (Å²) < 4.78 is 2.38. The molecule has 1 aromatic carbocycles. The molecule has 0 unspecified atom stereocenters. The summed E-state index contributed by atoms with van der Waals surface area (Å²) >= 11 is 3.41. The van der Waals surface area contributed by atoms with Crippen LogP contribution in [0.15, 0.2) is 59.5 Å². The molecule has 6 heteroatoms. The molecule has 1 amide bonds. The largest absolute Gasteiger partial charge is 0.319 e. The highest BCUT2D eigenvalue weighted by Crippen LogP contribution is 2.20. The molecular formula is C16H13BrN4O. The second-order valence-corrected chi connectivity index (χ2v) is 5.65. The Morgan fingerprint density at radius 3 is 2.86 bits per heavy atom. The van der Waals surface area contributed by atoms with Gasteiger partial charge in [-0.15, -0.1) is 0 Å². The number of hydrogen-bond acceptors (Lipinski definition) is 3. The van der Waals surface area contributed by atoms with Crippen LogP contribution in [0.4, 0.5) is 5.69 Å². The number of aryl methyl sites for hydroxylation is 1. The summed E-state index contributed by atoms with van der Waals surface area (Å²) in [5, 5.41) is 7.03. The van der Waals surface area contributed by atoms with Gasteiger partial charge in [-0.1, -0.05) is 12.1 Å². The lowest BCUT2D eigenvalue weighted by molar-refractivity contribution is 0.102. The summed E-state index contributed by atoms with van der Waals surface area (Å²) in [5.74, 6) is 0.506. The van der Waals surface area contributed by atoms with Gasteiger partial charge in [0.05, 0.1) is 23.6 Å². The summed E-state index contributed by atoms with van der Waals surface area (Å²) in [6.07, 6.45) is 5.01. The van der Waals surface area contributed by atoms with Gasteiger partial charge in [-0.3, -0.25) is 4.79 Å². The fraction of sp³-hybridized carbons (Fsp3) is 0.0625. The molecule has 3 rings (SSSR count). The predicted octanol–water partition coefficient (Wildman–Crippen LogP) is 3.59. The topological polar surface area (TPSA) is 59.8 Å². The van der Waals surface area contributed by atoms with Crippen LogP contribution >= 0.6 is 15.9 Å². The first-order chi connectivity index (χ1) is 10.6. The maximum absolute atomic E-state index is 12.3. The van der Waals surface area contributed by atoms with Crippen molar-refractivity contribution in [2.24, 2.45) is 0 Å². The zero-order chi connectivity index (χ0) is 15.5. The highest BCUT2D eigenvalue weighted by atomic mass is 79.9. The van der Waals surface area contributed by atoms with Gasteiger partial charge in [0.25, 0.3) is 5.91 Å². The Bertz CT molecular complexity index is 814. The normalized spacial score (nSPS) is 10.5. The van der Waals surface area contributed by atoms with Gasteiger partial charge in [0, 0.05) is 10.7 Å². The van der Waals surface area contributed by atoms with Crippen LogP contribution in [0.25, 0.3) is 5.82 Å². The molecule has 0 fully saturated rings. The third-order valence-corrected chi connectivity index (χ3v) is 3.75. The highest BCUT2D eigenvalue weighted by Gasteiger charge is 2.11. The second-order valence-electron chi connectivity index (χ2n) is 4.80. The van der Waals surface area contributed by atoms with Crippen LogP contribution in [0.3, 0.4) is 0 Å². The minimum absolute atomic E-state index is 0.188. The van der Waals surface area contributed by atoms with E-state index in [1.54, 1.807) is 29.3 Å². The van der Waals surface area contributed by atoms with Gasteiger partial charge in [0.2, 0.25) is 0 Å². The number of nitrogens with zero attached hydrogens (tertiary/aromatic N) is 3. The molecule has 5 nitrogen and oxygen atoms in total. The Morgan fingerprint density at radius 2 is 2.14 bits per heavy atom. The van der Waals surface area contributed by atoms with E-state index in [0.29, 0.717) is 17.1 Å². The molecule has 0 bridgehead atoms. The standard InChI is InChI=1S/C16H13BrN4O/c1-11-5-6-13(14(17)8-11)16(22)20-12-9-19-21(10-12)15-4-2-3-7-18-15/h2-10H,1H3,(H,20,22). The first-order valence-corrected chi connectivity index (χ1v) is 7.46. The van der Waals surface area contributed by atoms with Gasteiger partial charge < -0.3 is 5.32 Å². The summed E-state index contributed by atoms with van der Waals surface area (Å²) in [5.41, 5.74) is 2.28. The Hall–Kier alpha value is -2.47. The molecular weight excluding hydrogens is 344 g/mol. The smallest absolute Gasteiger partial charge is 0.256 e. The van der Waals surface area contributed by atoms with Gasteiger partial charge in [-0.2, -0.15) is 5.10 Å². The summed E-state index contributed by atoms with van der Waals surface area (Å²) in [7, 11) is 0. The number of anilines is 1. The van der Waals surface area contributed by atoms with Crippen LogP contribution in [0.1, 0.15) is 15.9 Å². The second kappa shape index (κ2) is 6.11. The van der Waals surface area contributed by atoms with Crippen molar-refractivity contribution in [2.45, 2.75) is 6.92 Å². The lowest BCUT2D eigenvalue weighted by atomic mass is 10.1. The maximum Gasteiger partial charge on any atom is 0.256 e. The van der Waals surface area contributed by atoms with Gasteiger partial charge in [0.15, 0.2) is 5.82 Å². The Kier molecular flexibility index (Phi) is 4.02. The molecule has 0 radical (unpaired) electrons. The summed E-state index contributed by atoms with van der Waals surface area (Å²) in [6.45, 7) is 1.98. The lowest BCUT2D eigenvalue weighted by Gasteiger charge is -2.05. The molecule has 0 saturated carbocycles. The van der Waals surface area contributed by atoms with Gasteiger partial charge >= 0.3 is 0 Å². The number of carbonyl (C=O) groups excluding carboxylic acids is 1. The van der Waals surface area contributed by atoms with Crippen LogP contribution in [0.5, 0.6) is 0 Å². The van der Waals surface area contributed by atoms with Crippen molar-refractivity contribution in [1.29, 1.82) is 0 Å². The Morgan fingerprint density at radius 1 is 1.27 bits per heavy atom. The molecule has 0 aliphatic rings. The van der Waals surface area contributed by atoms with E-state index >= 15 is 0 Å². The number of carbonyl (C=O) groups is 1. The van der Waals surface area contributed by atoms with Crippen molar-refractivity contribution in [1.82, 2.24) is 14.8 Å². The van der Waals surface area contributed by atoms with Crippen molar-refractivity contribution < 1.29 is 4.79 Å². The van der Waals surface area contributed by atoms with E-state index in [0.717, 1.165) is 10.0 Å². The van der Waals surface area contributed by atoms with Gasteiger partial charge in [-0.25, -0.2) is 9.67 Å². The minimum atomic E-state index is -0.188. The molecule has 3 aromatic rings. The average molecular weight is 357 g/mol. The van der Waals surface area contributed by atoms with E-state index in [2.05, 4.69) is 31.3 Å². The molecule has 2 heterocycles. The first-order valence-electron chi connectivity index (χ1n) is 6.67. The van der Waals surface area contributed by atoms with E-state index < -0.39 is 0 Å². The van der Waals surface area contributed by atoms with Crippen LogP contribution in [-0.4, -0.2) is 20.7 Å². The SMILES string of the molecule is Cc1ccc(C(=O)Nc2cnn(-c3ccccn3)c2)c(Br)c1.